The van der Waals surface area contributed by atoms with Gasteiger partial charge in [-0.15, -0.1) is 0 Å². The van der Waals surface area contributed by atoms with Gasteiger partial charge in [-0.3, -0.25) is 14.9 Å². The molecule has 0 fully saturated rings. The molecule has 0 unspecified atom stereocenters. The zero-order chi connectivity index (χ0) is 22.5. The highest BCUT2D eigenvalue weighted by atomic mass is 16.6. The van der Waals surface area contributed by atoms with Crippen molar-refractivity contribution in [2.24, 2.45) is 0 Å². The Kier molecular flexibility index (Phi) is 6.45. The van der Waals surface area contributed by atoms with Crippen molar-refractivity contribution in [1.82, 2.24) is 5.32 Å². The summed E-state index contributed by atoms with van der Waals surface area (Å²) in [7, 11) is 0. The highest BCUT2D eigenvalue weighted by Gasteiger charge is 2.18. The highest BCUT2D eigenvalue weighted by molar-refractivity contribution is 6.24. The maximum absolute atomic E-state index is 13.3. The van der Waals surface area contributed by atoms with Crippen LogP contribution >= 0.6 is 0 Å². The lowest BCUT2D eigenvalue weighted by molar-refractivity contribution is -0.384. The molecule has 0 aliphatic heterocycles. The molecule has 1 N–H and O–H groups in total. The first-order valence-corrected chi connectivity index (χ1v) is 11.0. The molecule has 0 saturated carbocycles. The quantitative estimate of drug-likeness (QED) is 0.231. The van der Waals surface area contributed by atoms with Crippen molar-refractivity contribution in [1.29, 1.82) is 0 Å². The number of hydrogen-bond acceptors (Lipinski definition) is 3. The van der Waals surface area contributed by atoms with E-state index in [1.165, 1.54) is 36.1 Å². The van der Waals surface area contributed by atoms with Crippen LogP contribution in [0.25, 0.3) is 11.6 Å². The molecule has 1 amide bonds. The number of carbonyl (C=O) groups excluding carboxylic acids is 1. The molecule has 32 heavy (non-hydrogen) atoms. The van der Waals surface area contributed by atoms with E-state index in [0.717, 1.165) is 24.0 Å². The summed E-state index contributed by atoms with van der Waals surface area (Å²) in [5, 5.41) is 14.3. The second-order valence-corrected chi connectivity index (χ2v) is 8.21. The molecule has 3 aromatic carbocycles. The van der Waals surface area contributed by atoms with Gasteiger partial charge in [-0.05, 0) is 66.5 Å². The Morgan fingerprint density at radius 1 is 0.969 bits per heavy atom. The Hall–Kier alpha value is -3.73. The molecule has 162 valence electrons. The first kappa shape index (κ1) is 21.5. The second-order valence-electron chi connectivity index (χ2n) is 8.21. The number of fused-ring (bicyclic) bond motifs is 1. The number of benzene rings is 3. The molecular weight excluding hydrogens is 400 g/mol. The summed E-state index contributed by atoms with van der Waals surface area (Å²) in [5.74, 6) is -0.215. The molecule has 5 heteroatoms. The minimum Gasteiger partial charge on any atom is -0.345 e. The van der Waals surface area contributed by atoms with Gasteiger partial charge < -0.3 is 5.32 Å². The molecule has 0 aromatic heterocycles. The number of amides is 1. The van der Waals surface area contributed by atoms with Gasteiger partial charge in [-0.1, -0.05) is 60.7 Å². The van der Waals surface area contributed by atoms with Crippen molar-refractivity contribution in [3.63, 3.8) is 0 Å². The molecule has 5 nitrogen and oxygen atoms in total. The SMILES string of the molecule is C[C@@H](NC(=O)/C(=C/c1cccc([N+](=O)[O-])c1)c1ccccc1)c1ccc2c(c1)CCCC2. The van der Waals surface area contributed by atoms with Gasteiger partial charge in [0, 0.05) is 17.7 Å². The third kappa shape index (κ3) is 4.94. The summed E-state index contributed by atoms with van der Waals surface area (Å²) in [6, 6.07) is 22.0. The molecule has 0 bridgehead atoms. The van der Waals surface area contributed by atoms with E-state index in [-0.39, 0.29) is 17.6 Å². The summed E-state index contributed by atoms with van der Waals surface area (Å²) in [6.45, 7) is 1.98. The highest BCUT2D eigenvalue weighted by Crippen LogP contribution is 2.26. The molecule has 4 rings (SSSR count). The van der Waals surface area contributed by atoms with Crippen LogP contribution < -0.4 is 5.32 Å². The van der Waals surface area contributed by atoms with Crippen molar-refractivity contribution in [3.8, 4) is 0 Å². The van der Waals surface area contributed by atoms with Crippen LogP contribution in [0.1, 0.15) is 53.6 Å². The van der Waals surface area contributed by atoms with Crippen molar-refractivity contribution in [2.75, 3.05) is 0 Å². The van der Waals surface area contributed by atoms with Crippen molar-refractivity contribution in [2.45, 2.75) is 38.6 Å². The van der Waals surface area contributed by atoms with Crippen LogP contribution in [0.15, 0.2) is 72.8 Å². The standard InChI is InChI=1S/C27H26N2O3/c1-19(23-15-14-21-9-5-6-12-24(21)18-23)28-27(30)26(22-10-3-2-4-11-22)17-20-8-7-13-25(16-20)29(31)32/h2-4,7-8,10-11,13-19H,5-6,9,12H2,1H3,(H,28,30)/b26-17+/t19-/m1/s1. The fraction of sp³-hybridized carbons (Fsp3) is 0.222. The molecule has 0 saturated heterocycles. The first-order chi connectivity index (χ1) is 15.5. The van der Waals surface area contributed by atoms with E-state index < -0.39 is 4.92 Å². The minimum atomic E-state index is -0.433. The Morgan fingerprint density at radius 3 is 2.47 bits per heavy atom. The van der Waals surface area contributed by atoms with Gasteiger partial charge >= 0.3 is 0 Å². The zero-order valence-electron chi connectivity index (χ0n) is 18.1. The van der Waals surface area contributed by atoms with E-state index in [1.54, 1.807) is 18.2 Å². The third-order valence-corrected chi connectivity index (χ3v) is 5.94. The normalized spacial score (nSPS) is 14.3. The van der Waals surface area contributed by atoms with Crippen LogP contribution in [0.5, 0.6) is 0 Å². The number of rotatable bonds is 6. The van der Waals surface area contributed by atoms with Gasteiger partial charge in [0.05, 0.1) is 11.0 Å². The summed E-state index contributed by atoms with van der Waals surface area (Å²) in [6.07, 6.45) is 6.37. The van der Waals surface area contributed by atoms with E-state index in [0.29, 0.717) is 11.1 Å². The van der Waals surface area contributed by atoms with E-state index in [2.05, 4.69) is 23.5 Å². The molecule has 0 heterocycles. The molecule has 1 aliphatic rings. The zero-order valence-corrected chi connectivity index (χ0v) is 18.1. The molecule has 0 spiro atoms. The van der Waals surface area contributed by atoms with Crippen molar-refractivity contribution in [3.05, 3.63) is 111 Å². The van der Waals surface area contributed by atoms with Crippen LogP contribution in [-0.2, 0) is 17.6 Å². The molecule has 1 atom stereocenters. The summed E-state index contributed by atoms with van der Waals surface area (Å²) in [5.41, 5.74) is 5.70. The number of aryl methyl sites for hydroxylation is 2. The van der Waals surface area contributed by atoms with Crippen LogP contribution in [0.3, 0.4) is 0 Å². The predicted octanol–water partition coefficient (Wildman–Crippen LogP) is 5.89. The average molecular weight is 427 g/mol. The number of nitrogens with one attached hydrogen (secondary N) is 1. The first-order valence-electron chi connectivity index (χ1n) is 11.0. The number of non-ortho nitro benzene ring substituents is 1. The third-order valence-electron chi connectivity index (χ3n) is 5.94. The van der Waals surface area contributed by atoms with Gasteiger partial charge in [-0.2, -0.15) is 0 Å². The largest absolute Gasteiger partial charge is 0.345 e. The number of nitro benzene ring substituents is 1. The lowest BCUT2D eigenvalue weighted by Crippen LogP contribution is -2.27. The molecule has 3 aromatic rings. The Balaban J connectivity index is 1.62. The van der Waals surface area contributed by atoms with Gasteiger partial charge in [0.2, 0.25) is 0 Å². The van der Waals surface area contributed by atoms with E-state index in [9.17, 15) is 14.9 Å². The smallest absolute Gasteiger partial charge is 0.270 e. The van der Waals surface area contributed by atoms with Gasteiger partial charge in [0.25, 0.3) is 11.6 Å². The van der Waals surface area contributed by atoms with Crippen molar-refractivity contribution >= 4 is 23.2 Å². The second kappa shape index (κ2) is 9.60. The number of nitro groups is 1. The van der Waals surface area contributed by atoms with Gasteiger partial charge in [0.15, 0.2) is 0 Å². The number of hydrogen-bond donors (Lipinski definition) is 1. The maximum Gasteiger partial charge on any atom is 0.270 e. The average Bonchev–Trinajstić information content (AvgIpc) is 2.82. The van der Waals surface area contributed by atoms with Crippen LogP contribution in [-0.4, -0.2) is 10.8 Å². The summed E-state index contributed by atoms with van der Waals surface area (Å²) < 4.78 is 0. The molecule has 1 aliphatic carbocycles. The van der Waals surface area contributed by atoms with Gasteiger partial charge in [-0.25, -0.2) is 0 Å². The van der Waals surface area contributed by atoms with Crippen molar-refractivity contribution < 1.29 is 9.72 Å². The van der Waals surface area contributed by atoms with Crippen LogP contribution in [0.2, 0.25) is 0 Å². The molecule has 0 radical (unpaired) electrons. The monoisotopic (exact) mass is 426 g/mol. The number of nitrogens with zero attached hydrogens (tertiary/aromatic N) is 1. The predicted molar refractivity (Wildman–Crippen MR) is 127 cm³/mol. The Labute approximate surface area is 187 Å². The maximum atomic E-state index is 13.3. The fourth-order valence-corrected chi connectivity index (χ4v) is 4.17. The lowest BCUT2D eigenvalue weighted by Gasteiger charge is -2.20. The van der Waals surface area contributed by atoms with Gasteiger partial charge in [0.1, 0.15) is 0 Å². The van der Waals surface area contributed by atoms with E-state index in [1.807, 2.05) is 37.3 Å². The van der Waals surface area contributed by atoms with Crippen LogP contribution in [0, 0.1) is 10.1 Å². The number of carbonyl (C=O) groups is 1. The minimum absolute atomic E-state index is 0.00556. The lowest BCUT2D eigenvalue weighted by atomic mass is 9.89. The van der Waals surface area contributed by atoms with Crippen LogP contribution in [0.4, 0.5) is 5.69 Å². The van der Waals surface area contributed by atoms with E-state index in [4.69, 9.17) is 0 Å². The molecular formula is C27H26N2O3. The Bertz CT molecular complexity index is 1170. The topological polar surface area (TPSA) is 72.2 Å². The summed E-state index contributed by atoms with van der Waals surface area (Å²) in [4.78, 5) is 24.0. The van der Waals surface area contributed by atoms with E-state index >= 15 is 0 Å². The Morgan fingerprint density at radius 2 is 1.72 bits per heavy atom. The summed E-state index contributed by atoms with van der Waals surface area (Å²) >= 11 is 0. The fourth-order valence-electron chi connectivity index (χ4n) is 4.17.